The minimum atomic E-state index is -0.189. The molecule has 5 nitrogen and oxygen atoms in total. The standard InChI is InChI=1S/C17H23N3O2/c1-3-8-18-16(21)14-6-5-7-15(13-14)17(22)20-11-9-19(4-2)10-12-20/h3,5-7,13H,1,4,8-12H2,2H3,(H,18,21). The smallest absolute Gasteiger partial charge is 0.253 e. The van der Waals surface area contributed by atoms with E-state index in [0.717, 1.165) is 32.7 Å². The summed E-state index contributed by atoms with van der Waals surface area (Å²) < 4.78 is 0. The van der Waals surface area contributed by atoms with Crippen molar-refractivity contribution in [3.63, 3.8) is 0 Å². The van der Waals surface area contributed by atoms with Crippen molar-refractivity contribution in [2.75, 3.05) is 39.3 Å². The van der Waals surface area contributed by atoms with Gasteiger partial charge in [-0.25, -0.2) is 0 Å². The number of carbonyl (C=O) groups excluding carboxylic acids is 2. The molecule has 0 aliphatic carbocycles. The largest absolute Gasteiger partial charge is 0.349 e. The zero-order chi connectivity index (χ0) is 15.9. The van der Waals surface area contributed by atoms with Gasteiger partial charge in [-0.2, -0.15) is 0 Å². The van der Waals surface area contributed by atoms with Crippen LogP contribution in [0, 0.1) is 0 Å². The highest BCUT2D eigenvalue weighted by Crippen LogP contribution is 2.11. The third kappa shape index (κ3) is 3.95. The second-order valence-corrected chi connectivity index (χ2v) is 5.31. The van der Waals surface area contributed by atoms with Gasteiger partial charge >= 0.3 is 0 Å². The van der Waals surface area contributed by atoms with Crippen LogP contribution in [0.2, 0.25) is 0 Å². The summed E-state index contributed by atoms with van der Waals surface area (Å²) in [7, 11) is 0. The quantitative estimate of drug-likeness (QED) is 0.836. The monoisotopic (exact) mass is 301 g/mol. The van der Waals surface area contributed by atoms with Crippen LogP contribution >= 0.6 is 0 Å². The van der Waals surface area contributed by atoms with Crippen LogP contribution in [0.4, 0.5) is 0 Å². The number of likely N-dealkylation sites (N-methyl/N-ethyl adjacent to an activating group) is 1. The zero-order valence-electron chi connectivity index (χ0n) is 13.0. The molecule has 1 aliphatic rings. The highest BCUT2D eigenvalue weighted by molar-refractivity contribution is 5.99. The fourth-order valence-corrected chi connectivity index (χ4v) is 2.51. The average Bonchev–Trinajstić information content (AvgIpc) is 2.59. The lowest BCUT2D eigenvalue weighted by Crippen LogP contribution is -2.48. The number of amides is 2. The van der Waals surface area contributed by atoms with Crippen LogP contribution in [0.5, 0.6) is 0 Å². The maximum atomic E-state index is 12.5. The molecule has 5 heteroatoms. The van der Waals surface area contributed by atoms with E-state index in [4.69, 9.17) is 0 Å². The average molecular weight is 301 g/mol. The number of rotatable bonds is 5. The van der Waals surface area contributed by atoms with Crippen LogP contribution in [0.25, 0.3) is 0 Å². The predicted molar refractivity (Wildman–Crippen MR) is 87.0 cm³/mol. The molecule has 1 N–H and O–H groups in total. The van der Waals surface area contributed by atoms with Crippen molar-refractivity contribution >= 4 is 11.8 Å². The van der Waals surface area contributed by atoms with Gasteiger partial charge in [0.05, 0.1) is 0 Å². The van der Waals surface area contributed by atoms with Crippen molar-refractivity contribution < 1.29 is 9.59 Å². The SMILES string of the molecule is C=CCNC(=O)c1cccc(C(=O)N2CCN(CC)CC2)c1. The van der Waals surface area contributed by atoms with E-state index < -0.39 is 0 Å². The summed E-state index contributed by atoms with van der Waals surface area (Å²) >= 11 is 0. The Labute approximate surface area is 131 Å². The molecule has 1 saturated heterocycles. The Bertz CT molecular complexity index is 549. The second-order valence-electron chi connectivity index (χ2n) is 5.31. The maximum absolute atomic E-state index is 12.5. The molecule has 1 fully saturated rings. The number of piperazine rings is 1. The molecule has 0 bridgehead atoms. The van der Waals surface area contributed by atoms with Crippen LogP contribution in [0.1, 0.15) is 27.6 Å². The van der Waals surface area contributed by atoms with Crippen molar-refractivity contribution in [1.29, 1.82) is 0 Å². The van der Waals surface area contributed by atoms with E-state index in [2.05, 4.69) is 23.7 Å². The van der Waals surface area contributed by atoms with Crippen LogP contribution in [-0.4, -0.2) is 60.9 Å². The van der Waals surface area contributed by atoms with Crippen molar-refractivity contribution in [3.8, 4) is 0 Å². The lowest BCUT2D eigenvalue weighted by atomic mass is 10.1. The fourth-order valence-electron chi connectivity index (χ4n) is 2.51. The first-order valence-electron chi connectivity index (χ1n) is 7.66. The summed E-state index contributed by atoms with van der Waals surface area (Å²) in [6.45, 7) is 10.4. The second kappa shape index (κ2) is 7.75. The van der Waals surface area contributed by atoms with Gasteiger partial charge in [0.1, 0.15) is 0 Å². The van der Waals surface area contributed by atoms with Crippen molar-refractivity contribution in [3.05, 3.63) is 48.0 Å². The Balaban J connectivity index is 2.04. The Morgan fingerprint density at radius 3 is 2.55 bits per heavy atom. The number of nitrogens with one attached hydrogen (secondary N) is 1. The Morgan fingerprint density at radius 1 is 1.23 bits per heavy atom. The molecule has 2 rings (SSSR count). The number of hydrogen-bond acceptors (Lipinski definition) is 3. The predicted octanol–water partition coefficient (Wildman–Crippen LogP) is 1.38. The van der Waals surface area contributed by atoms with E-state index in [-0.39, 0.29) is 11.8 Å². The fraction of sp³-hybridized carbons (Fsp3) is 0.412. The summed E-state index contributed by atoms with van der Waals surface area (Å²) in [4.78, 5) is 28.7. The van der Waals surface area contributed by atoms with Gasteiger partial charge in [-0.15, -0.1) is 6.58 Å². The third-order valence-corrected chi connectivity index (χ3v) is 3.89. The molecule has 2 amide bonds. The zero-order valence-corrected chi connectivity index (χ0v) is 13.0. The van der Waals surface area contributed by atoms with E-state index in [1.54, 1.807) is 30.3 Å². The molecular formula is C17H23N3O2. The molecule has 0 atom stereocenters. The first-order valence-corrected chi connectivity index (χ1v) is 7.66. The van der Waals surface area contributed by atoms with E-state index in [0.29, 0.717) is 17.7 Å². The van der Waals surface area contributed by atoms with Gasteiger partial charge in [0.25, 0.3) is 11.8 Å². The molecular weight excluding hydrogens is 278 g/mol. The number of nitrogens with zero attached hydrogens (tertiary/aromatic N) is 2. The lowest BCUT2D eigenvalue weighted by Gasteiger charge is -2.34. The minimum Gasteiger partial charge on any atom is -0.349 e. The Hall–Kier alpha value is -2.14. The first kappa shape index (κ1) is 16.2. The Morgan fingerprint density at radius 2 is 1.91 bits per heavy atom. The van der Waals surface area contributed by atoms with Crippen molar-refractivity contribution in [2.24, 2.45) is 0 Å². The molecule has 0 unspecified atom stereocenters. The van der Waals surface area contributed by atoms with E-state index in [9.17, 15) is 9.59 Å². The van der Waals surface area contributed by atoms with Crippen molar-refractivity contribution in [2.45, 2.75) is 6.92 Å². The van der Waals surface area contributed by atoms with Crippen LogP contribution in [0.3, 0.4) is 0 Å². The van der Waals surface area contributed by atoms with E-state index >= 15 is 0 Å². The summed E-state index contributed by atoms with van der Waals surface area (Å²) in [6, 6.07) is 6.88. The Kier molecular flexibility index (Phi) is 5.72. The number of hydrogen-bond donors (Lipinski definition) is 1. The lowest BCUT2D eigenvalue weighted by molar-refractivity contribution is 0.0643. The topological polar surface area (TPSA) is 52.7 Å². The van der Waals surface area contributed by atoms with E-state index in [1.165, 1.54) is 0 Å². The van der Waals surface area contributed by atoms with Gasteiger partial charge in [-0.1, -0.05) is 19.1 Å². The summed E-state index contributed by atoms with van der Waals surface area (Å²) in [5.41, 5.74) is 1.07. The molecule has 0 spiro atoms. The first-order chi connectivity index (χ1) is 10.7. The van der Waals surface area contributed by atoms with Gasteiger partial charge in [-0.3, -0.25) is 9.59 Å². The van der Waals surface area contributed by atoms with Crippen molar-refractivity contribution in [1.82, 2.24) is 15.1 Å². The normalized spacial score (nSPS) is 15.4. The van der Waals surface area contributed by atoms with Crippen LogP contribution in [-0.2, 0) is 0 Å². The number of benzene rings is 1. The molecule has 0 aromatic heterocycles. The molecule has 0 saturated carbocycles. The molecule has 22 heavy (non-hydrogen) atoms. The molecule has 1 aromatic rings. The van der Waals surface area contributed by atoms with E-state index in [1.807, 2.05) is 4.90 Å². The van der Waals surface area contributed by atoms with Crippen LogP contribution < -0.4 is 5.32 Å². The van der Waals surface area contributed by atoms with Gasteiger partial charge in [0.15, 0.2) is 0 Å². The third-order valence-electron chi connectivity index (χ3n) is 3.89. The molecule has 0 radical (unpaired) electrons. The van der Waals surface area contributed by atoms with Gasteiger partial charge in [0, 0.05) is 43.9 Å². The van der Waals surface area contributed by atoms with Gasteiger partial charge in [0.2, 0.25) is 0 Å². The molecule has 118 valence electrons. The van der Waals surface area contributed by atoms with Crippen LogP contribution in [0.15, 0.2) is 36.9 Å². The highest BCUT2D eigenvalue weighted by Gasteiger charge is 2.21. The van der Waals surface area contributed by atoms with Gasteiger partial charge < -0.3 is 15.1 Å². The molecule has 1 aromatic carbocycles. The summed E-state index contributed by atoms with van der Waals surface area (Å²) in [5, 5.41) is 2.72. The number of carbonyl (C=O) groups is 2. The highest BCUT2D eigenvalue weighted by atomic mass is 16.2. The minimum absolute atomic E-state index is 0.00544. The maximum Gasteiger partial charge on any atom is 0.253 e. The molecule has 1 heterocycles. The van der Waals surface area contributed by atoms with Gasteiger partial charge in [-0.05, 0) is 24.7 Å². The summed E-state index contributed by atoms with van der Waals surface area (Å²) in [5.74, 6) is -0.195. The molecule has 1 aliphatic heterocycles. The summed E-state index contributed by atoms with van der Waals surface area (Å²) in [6.07, 6.45) is 1.63.